The topological polar surface area (TPSA) is 60.6 Å². The predicted molar refractivity (Wildman–Crippen MR) is 97.4 cm³/mol. The van der Waals surface area contributed by atoms with Crippen molar-refractivity contribution in [3.8, 4) is 28.5 Å². The van der Waals surface area contributed by atoms with Gasteiger partial charge in [-0.15, -0.1) is 0 Å². The number of fused-ring (bicyclic) bond motifs is 1. The summed E-state index contributed by atoms with van der Waals surface area (Å²) in [5, 5.41) is 0.427. The van der Waals surface area contributed by atoms with Gasteiger partial charge in [0, 0.05) is 22.2 Å². The molecule has 1 heterocycles. The molecule has 0 spiro atoms. The van der Waals surface area contributed by atoms with Gasteiger partial charge in [-0.1, -0.05) is 28.1 Å². The summed E-state index contributed by atoms with van der Waals surface area (Å²) in [5.74, 6) is 1.28. The quantitative estimate of drug-likeness (QED) is 0.732. The maximum atomic E-state index is 12.9. The molecule has 0 unspecified atom stereocenters. The van der Waals surface area contributed by atoms with E-state index in [9.17, 15) is 4.79 Å². The molecule has 0 atom stereocenters. The Bertz CT molecular complexity index is 948. The lowest BCUT2D eigenvalue weighted by atomic mass is 10.1. The number of methoxy groups -OCH3 is 3. The number of nitrogens with one attached hydrogen (secondary N) is 1. The first-order chi connectivity index (χ1) is 11.6. The monoisotopic (exact) mass is 389 g/mol. The Balaban J connectivity index is 2.38. The molecule has 24 heavy (non-hydrogen) atoms. The summed E-state index contributed by atoms with van der Waals surface area (Å²) < 4.78 is 17.0. The number of H-pyrrole nitrogens is 1. The smallest absolute Gasteiger partial charge is 0.235 e. The number of aromatic amines is 1. The molecule has 0 saturated heterocycles. The number of benzene rings is 2. The lowest BCUT2D eigenvalue weighted by Gasteiger charge is -2.13. The Hall–Kier alpha value is -2.47. The van der Waals surface area contributed by atoms with Crippen molar-refractivity contribution in [2.75, 3.05) is 21.3 Å². The Morgan fingerprint density at radius 3 is 2.25 bits per heavy atom. The summed E-state index contributed by atoms with van der Waals surface area (Å²) in [7, 11) is 4.56. The number of rotatable bonds is 4. The van der Waals surface area contributed by atoms with Gasteiger partial charge in [0.1, 0.15) is 11.5 Å². The second kappa shape index (κ2) is 6.57. The summed E-state index contributed by atoms with van der Waals surface area (Å²) in [6.07, 6.45) is 0. The Morgan fingerprint density at radius 2 is 1.67 bits per heavy atom. The van der Waals surface area contributed by atoms with E-state index < -0.39 is 0 Å². The van der Waals surface area contributed by atoms with Crippen LogP contribution in [0.1, 0.15) is 0 Å². The zero-order valence-corrected chi connectivity index (χ0v) is 15.1. The van der Waals surface area contributed by atoms with E-state index in [-0.39, 0.29) is 11.2 Å². The van der Waals surface area contributed by atoms with E-state index in [1.807, 2.05) is 24.3 Å². The maximum absolute atomic E-state index is 12.9. The van der Waals surface area contributed by atoms with Gasteiger partial charge in [-0.25, -0.2) is 0 Å². The third kappa shape index (κ3) is 2.73. The molecule has 0 radical (unpaired) electrons. The highest BCUT2D eigenvalue weighted by molar-refractivity contribution is 9.10. The zero-order valence-electron chi connectivity index (χ0n) is 13.5. The minimum atomic E-state index is -0.233. The third-order valence-electron chi connectivity index (χ3n) is 3.79. The summed E-state index contributed by atoms with van der Waals surface area (Å²) in [6, 6.07) is 11.1. The van der Waals surface area contributed by atoms with Crippen molar-refractivity contribution in [1.82, 2.24) is 4.98 Å². The first-order valence-corrected chi connectivity index (χ1v) is 8.00. The number of aromatic nitrogens is 1. The summed E-state index contributed by atoms with van der Waals surface area (Å²) in [6.45, 7) is 0. The van der Waals surface area contributed by atoms with Gasteiger partial charge < -0.3 is 19.2 Å². The molecule has 1 aromatic heterocycles. The summed E-state index contributed by atoms with van der Waals surface area (Å²) in [4.78, 5) is 16.2. The van der Waals surface area contributed by atoms with Gasteiger partial charge >= 0.3 is 0 Å². The van der Waals surface area contributed by atoms with Crippen molar-refractivity contribution in [3.05, 3.63) is 51.1 Å². The minimum absolute atomic E-state index is 0.233. The molecule has 1 N–H and O–H groups in total. The molecular formula is C18H16BrNO4. The molecule has 124 valence electrons. The van der Waals surface area contributed by atoms with Gasteiger partial charge in [-0.05, 0) is 12.1 Å². The first-order valence-electron chi connectivity index (χ1n) is 7.21. The van der Waals surface area contributed by atoms with Gasteiger partial charge in [-0.2, -0.15) is 0 Å². The standard InChI is InChI=1S/C18H16BrNO4/c1-22-12-8-13-15(14(9-12)23-2)17(21)18(24-3)16(20-13)10-4-6-11(19)7-5-10/h4-9H,1-3H3,(H,20,21). The molecule has 6 heteroatoms. The molecule has 0 saturated carbocycles. The SMILES string of the molecule is COc1cc(OC)c2c(=O)c(OC)c(-c3ccc(Br)cc3)[nH]c2c1. The highest BCUT2D eigenvalue weighted by atomic mass is 79.9. The highest BCUT2D eigenvalue weighted by Gasteiger charge is 2.18. The fourth-order valence-corrected chi connectivity index (χ4v) is 2.90. The molecule has 0 aliphatic carbocycles. The third-order valence-corrected chi connectivity index (χ3v) is 4.32. The summed E-state index contributed by atoms with van der Waals surface area (Å²) >= 11 is 3.41. The summed E-state index contributed by atoms with van der Waals surface area (Å²) in [5.41, 5.74) is 1.84. The highest BCUT2D eigenvalue weighted by Crippen LogP contribution is 2.33. The lowest BCUT2D eigenvalue weighted by Crippen LogP contribution is -2.11. The second-order valence-corrected chi connectivity index (χ2v) is 6.04. The van der Waals surface area contributed by atoms with Crippen LogP contribution in [0.25, 0.3) is 22.2 Å². The van der Waals surface area contributed by atoms with Crippen molar-refractivity contribution < 1.29 is 14.2 Å². The number of hydrogen-bond donors (Lipinski definition) is 1. The van der Waals surface area contributed by atoms with Crippen molar-refractivity contribution in [1.29, 1.82) is 0 Å². The van der Waals surface area contributed by atoms with Gasteiger partial charge in [0.05, 0.1) is 37.9 Å². The van der Waals surface area contributed by atoms with Crippen LogP contribution in [0, 0.1) is 0 Å². The average Bonchev–Trinajstić information content (AvgIpc) is 2.61. The molecule has 5 nitrogen and oxygen atoms in total. The largest absolute Gasteiger partial charge is 0.497 e. The number of hydrogen-bond acceptors (Lipinski definition) is 4. The van der Waals surface area contributed by atoms with E-state index in [4.69, 9.17) is 14.2 Å². The van der Waals surface area contributed by atoms with Crippen LogP contribution in [0.5, 0.6) is 17.2 Å². The van der Waals surface area contributed by atoms with Crippen LogP contribution in [-0.2, 0) is 0 Å². The molecule has 2 aromatic carbocycles. The minimum Gasteiger partial charge on any atom is -0.497 e. The lowest BCUT2D eigenvalue weighted by molar-refractivity contribution is 0.396. The van der Waals surface area contributed by atoms with E-state index in [0.29, 0.717) is 28.1 Å². The average molecular weight is 390 g/mol. The second-order valence-electron chi connectivity index (χ2n) is 5.12. The van der Waals surface area contributed by atoms with Crippen LogP contribution in [-0.4, -0.2) is 26.3 Å². The molecule has 3 aromatic rings. The van der Waals surface area contributed by atoms with Crippen LogP contribution in [0.15, 0.2) is 45.7 Å². The Morgan fingerprint density at radius 1 is 0.958 bits per heavy atom. The fourth-order valence-electron chi connectivity index (χ4n) is 2.63. The van der Waals surface area contributed by atoms with Crippen molar-refractivity contribution in [2.24, 2.45) is 0 Å². The Labute approximate surface area is 147 Å². The van der Waals surface area contributed by atoms with E-state index in [1.165, 1.54) is 14.2 Å². The van der Waals surface area contributed by atoms with Gasteiger partial charge in [0.25, 0.3) is 0 Å². The molecule has 0 aliphatic heterocycles. The molecule has 0 aliphatic rings. The molecule has 0 amide bonds. The Kier molecular flexibility index (Phi) is 4.49. The molecular weight excluding hydrogens is 374 g/mol. The molecule has 0 bridgehead atoms. The van der Waals surface area contributed by atoms with Crippen LogP contribution in [0.4, 0.5) is 0 Å². The van der Waals surface area contributed by atoms with E-state index in [2.05, 4.69) is 20.9 Å². The van der Waals surface area contributed by atoms with E-state index in [0.717, 1.165) is 10.0 Å². The number of pyridine rings is 1. The van der Waals surface area contributed by atoms with Gasteiger partial charge in [-0.3, -0.25) is 4.79 Å². The number of halogens is 1. The number of ether oxygens (including phenoxy) is 3. The van der Waals surface area contributed by atoms with E-state index in [1.54, 1.807) is 19.2 Å². The zero-order chi connectivity index (χ0) is 17.3. The van der Waals surface area contributed by atoms with Crippen molar-refractivity contribution >= 4 is 26.8 Å². The van der Waals surface area contributed by atoms with Gasteiger partial charge in [0.15, 0.2) is 5.75 Å². The predicted octanol–water partition coefficient (Wildman–Crippen LogP) is 3.98. The first kappa shape index (κ1) is 16.4. The van der Waals surface area contributed by atoms with Crippen molar-refractivity contribution in [2.45, 2.75) is 0 Å². The van der Waals surface area contributed by atoms with Gasteiger partial charge in [0.2, 0.25) is 5.43 Å². The molecule has 0 fully saturated rings. The fraction of sp³-hybridized carbons (Fsp3) is 0.167. The van der Waals surface area contributed by atoms with Crippen LogP contribution < -0.4 is 19.6 Å². The van der Waals surface area contributed by atoms with Crippen LogP contribution >= 0.6 is 15.9 Å². The van der Waals surface area contributed by atoms with E-state index >= 15 is 0 Å². The molecule has 3 rings (SSSR count). The normalized spacial score (nSPS) is 10.7. The maximum Gasteiger partial charge on any atom is 0.235 e. The van der Waals surface area contributed by atoms with Crippen molar-refractivity contribution in [3.63, 3.8) is 0 Å². The van der Waals surface area contributed by atoms with Crippen LogP contribution in [0.2, 0.25) is 0 Å². The van der Waals surface area contributed by atoms with Crippen LogP contribution in [0.3, 0.4) is 0 Å².